The summed E-state index contributed by atoms with van der Waals surface area (Å²) < 4.78 is 3.64. The molecular weight excluding hydrogens is 414 g/mol. The van der Waals surface area contributed by atoms with Crippen LogP contribution in [0.3, 0.4) is 0 Å². The first-order valence-corrected chi connectivity index (χ1v) is 7.67. The van der Waals surface area contributed by atoms with Gasteiger partial charge in [0.2, 0.25) is 0 Å². The summed E-state index contributed by atoms with van der Waals surface area (Å²) in [7, 11) is 0. The smallest absolute Gasteiger partial charge is 0.182 e. The molecule has 0 spiro atoms. The summed E-state index contributed by atoms with van der Waals surface area (Å²) in [5.41, 5.74) is 2.74. The van der Waals surface area contributed by atoms with Crippen LogP contribution < -0.4 is 0 Å². The van der Waals surface area contributed by atoms with Gasteiger partial charge in [0.25, 0.3) is 0 Å². The third kappa shape index (κ3) is 2.31. The Morgan fingerprint density at radius 2 is 1.95 bits per heavy atom. The first-order chi connectivity index (χ1) is 9.08. The van der Waals surface area contributed by atoms with E-state index in [1.54, 1.807) is 6.07 Å². The molecule has 1 aromatic heterocycles. The first kappa shape index (κ1) is 13.4. The molecule has 2 aromatic carbocycles. The van der Waals surface area contributed by atoms with Crippen molar-refractivity contribution in [2.45, 2.75) is 0 Å². The van der Waals surface area contributed by atoms with E-state index in [9.17, 15) is 0 Å². The van der Waals surface area contributed by atoms with Crippen LogP contribution in [0.2, 0.25) is 10.0 Å². The molecule has 3 rings (SSSR count). The minimum Gasteiger partial charge on any atom is -0.330 e. The highest BCUT2D eigenvalue weighted by Gasteiger charge is 2.11. The van der Waals surface area contributed by atoms with E-state index in [-0.39, 0.29) is 0 Å². The number of H-pyrrole nitrogens is 1. The Bertz CT molecular complexity index is 838. The molecule has 0 unspecified atom stereocenters. The fourth-order valence-corrected chi connectivity index (χ4v) is 3.17. The van der Waals surface area contributed by atoms with Crippen LogP contribution in [0.4, 0.5) is 0 Å². The number of benzene rings is 2. The molecule has 0 saturated carbocycles. The number of nitrogens with zero attached hydrogens (tertiary/aromatic N) is 1. The number of halogens is 3. The Balaban J connectivity index is 2.40. The van der Waals surface area contributed by atoms with Crippen molar-refractivity contribution >= 4 is 69.0 Å². The number of aromatic nitrogens is 2. The maximum atomic E-state index is 6.27. The van der Waals surface area contributed by atoms with Gasteiger partial charge in [-0.2, -0.15) is 0 Å². The monoisotopic (exact) mass is 420 g/mol. The second kappa shape index (κ2) is 5.09. The molecule has 0 bridgehead atoms. The van der Waals surface area contributed by atoms with E-state index in [1.807, 2.05) is 34.9 Å². The molecular formula is C13H7Cl2IN2S. The van der Waals surface area contributed by atoms with Crippen LogP contribution in [-0.2, 0) is 0 Å². The SMILES string of the molecule is S=c1[nH]c2cc(I)ccc2n1-c1cccc(Cl)c1Cl. The molecule has 1 N–H and O–H groups in total. The van der Waals surface area contributed by atoms with Crippen LogP contribution in [0.25, 0.3) is 16.7 Å². The highest BCUT2D eigenvalue weighted by Crippen LogP contribution is 2.31. The van der Waals surface area contributed by atoms with E-state index in [2.05, 4.69) is 27.6 Å². The molecule has 0 radical (unpaired) electrons. The van der Waals surface area contributed by atoms with Gasteiger partial charge in [0.05, 0.1) is 26.8 Å². The van der Waals surface area contributed by atoms with Gasteiger partial charge in [0, 0.05) is 3.57 Å². The maximum absolute atomic E-state index is 6.27. The lowest BCUT2D eigenvalue weighted by Crippen LogP contribution is -1.95. The molecule has 96 valence electrons. The normalized spacial score (nSPS) is 11.1. The molecule has 3 aromatic rings. The van der Waals surface area contributed by atoms with Crippen LogP contribution in [-0.4, -0.2) is 9.55 Å². The highest BCUT2D eigenvalue weighted by molar-refractivity contribution is 14.1. The average Bonchev–Trinajstić information content (AvgIpc) is 2.68. The predicted octanol–water partition coefficient (Wildman–Crippen LogP) is 5.60. The molecule has 0 amide bonds. The van der Waals surface area contributed by atoms with Gasteiger partial charge in [-0.25, -0.2) is 0 Å². The van der Waals surface area contributed by atoms with Gasteiger partial charge < -0.3 is 4.98 Å². The number of imidazole rings is 1. The fourth-order valence-electron chi connectivity index (χ4n) is 1.99. The van der Waals surface area contributed by atoms with Crippen molar-refractivity contribution in [2.75, 3.05) is 0 Å². The Labute approximate surface area is 138 Å². The van der Waals surface area contributed by atoms with Gasteiger partial charge in [0.1, 0.15) is 0 Å². The molecule has 0 aliphatic carbocycles. The van der Waals surface area contributed by atoms with Crippen LogP contribution in [0.1, 0.15) is 0 Å². The van der Waals surface area contributed by atoms with E-state index >= 15 is 0 Å². The molecule has 2 nitrogen and oxygen atoms in total. The number of hydrogen-bond acceptors (Lipinski definition) is 1. The summed E-state index contributed by atoms with van der Waals surface area (Å²) >= 11 is 20.0. The zero-order chi connectivity index (χ0) is 13.6. The van der Waals surface area contributed by atoms with Crippen molar-refractivity contribution in [3.05, 3.63) is 54.8 Å². The first-order valence-electron chi connectivity index (χ1n) is 5.42. The Morgan fingerprint density at radius 1 is 1.16 bits per heavy atom. The van der Waals surface area contributed by atoms with E-state index < -0.39 is 0 Å². The molecule has 0 saturated heterocycles. The third-order valence-electron chi connectivity index (χ3n) is 2.82. The lowest BCUT2D eigenvalue weighted by molar-refractivity contribution is 1.07. The number of hydrogen-bond donors (Lipinski definition) is 1. The van der Waals surface area contributed by atoms with Crippen LogP contribution in [0.15, 0.2) is 36.4 Å². The topological polar surface area (TPSA) is 20.7 Å². The number of rotatable bonds is 1. The standard InChI is InChI=1S/C13H7Cl2IN2S/c14-8-2-1-3-11(12(8)15)18-10-5-4-7(16)6-9(10)17-13(18)19/h1-6H,(H,17,19). The summed E-state index contributed by atoms with van der Waals surface area (Å²) in [4.78, 5) is 3.18. The van der Waals surface area contributed by atoms with Crippen molar-refractivity contribution in [1.82, 2.24) is 9.55 Å². The van der Waals surface area contributed by atoms with E-state index in [1.165, 1.54) is 0 Å². The van der Waals surface area contributed by atoms with E-state index in [0.29, 0.717) is 14.8 Å². The molecule has 0 fully saturated rings. The lowest BCUT2D eigenvalue weighted by atomic mass is 10.3. The Morgan fingerprint density at radius 3 is 2.74 bits per heavy atom. The molecule has 6 heteroatoms. The van der Waals surface area contributed by atoms with Crippen LogP contribution in [0, 0.1) is 8.34 Å². The van der Waals surface area contributed by atoms with E-state index in [4.69, 9.17) is 35.4 Å². The predicted molar refractivity (Wildman–Crippen MR) is 91.2 cm³/mol. The summed E-state index contributed by atoms with van der Waals surface area (Å²) in [5, 5.41) is 1.01. The number of aromatic amines is 1. The van der Waals surface area contributed by atoms with Crippen molar-refractivity contribution in [1.29, 1.82) is 0 Å². The quantitative estimate of drug-likeness (QED) is 0.401. The zero-order valence-corrected chi connectivity index (χ0v) is 13.9. The van der Waals surface area contributed by atoms with Crippen molar-refractivity contribution in [2.24, 2.45) is 0 Å². The molecule has 0 aliphatic rings. The summed E-state index contributed by atoms with van der Waals surface area (Å²) in [6.07, 6.45) is 0. The Hall–Kier alpha value is -0.560. The molecule has 19 heavy (non-hydrogen) atoms. The second-order valence-corrected chi connectivity index (χ2v) is 6.42. The van der Waals surface area contributed by atoms with Gasteiger partial charge >= 0.3 is 0 Å². The minimum atomic E-state index is 0.500. The molecule has 0 aliphatic heterocycles. The Kier molecular flexibility index (Phi) is 3.59. The van der Waals surface area contributed by atoms with Gasteiger partial charge in [0.15, 0.2) is 4.77 Å². The summed E-state index contributed by atoms with van der Waals surface area (Å²) in [6, 6.07) is 11.6. The van der Waals surface area contributed by atoms with Crippen LogP contribution in [0.5, 0.6) is 0 Å². The van der Waals surface area contributed by atoms with Gasteiger partial charge in [-0.1, -0.05) is 29.3 Å². The lowest BCUT2D eigenvalue weighted by Gasteiger charge is -2.08. The summed E-state index contributed by atoms with van der Waals surface area (Å²) in [6.45, 7) is 0. The van der Waals surface area contributed by atoms with Gasteiger partial charge in [-0.05, 0) is 65.1 Å². The highest BCUT2D eigenvalue weighted by atomic mass is 127. The molecule has 1 heterocycles. The van der Waals surface area contributed by atoms with Crippen molar-refractivity contribution < 1.29 is 0 Å². The van der Waals surface area contributed by atoms with Gasteiger partial charge in [-0.3, -0.25) is 4.57 Å². The van der Waals surface area contributed by atoms with E-state index in [0.717, 1.165) is 20.3 Å². The van der Waals surface area contributed by atoms with Crippen molar-refractivity contribution in [3.63, 3.8) is 0 Å². The second-order valence-electron chi connectivity index (χ2n) is 4.00. The largest absolute Gasteiger partial charge is 0.330 e. The minimum absolute atomic E-state index is 0.500. The molecule has 0 atom stereocenters. The van der Waals surface area contributed by atoms with Crippen LogP contribution >= 0.6 is 58.0 Å². The number of nitrogens with one attached hydrogen (secondary N) is 1. The number of fused-ring (bicyclic) bond motifs is 1. The maximum Gasteiger partial charge on any atom is 0.182 e. The fraction of sp³-hybridized carbons (Fsp3) is 0. The average molecular weight is 421 g/mol. The third-order valence-corrected chi connectivity index (χ3v) is 4.58. The zero-order valence-electron chi connectivity index (χ0n) is 9.45. The summed E-state index contributed by atoms with van der Waals surface area (Å²) in [5.74, 6) is 0. The van der Waals surface area contributed by atoms with Gasteiger partial charge in [-0.15, -0.1) is 0 Å². The van der Waals surface area contributed by atoms with Crippen molar-refractivity contribution in [3.8, 4) is 5.69 Å².